The van der Waals surface area contributed by atoms with Gasteiger partial charge in [-0.1, -0.05) is 12.1 Å². The van der Waals surface area contributed by atoms with E-state index in [4.69, 9.17) is 4.74 Å². The molecule has 7 nitrogen and oxygen atoms in total. The molecule has 0 N–H and O–H groups in total. The highest BCUT2D eigenvalue weighted by atomic mass is 32.2. The molecule has 0 unspecified atom stereocenters. The quantitative estimate of drug-likeness (QED) is 0.551. The lowest BCUT2D eigenvalue weighted by atomic mass is 10.0. The number of thioether (sulfide) groups is 1. The molecule has 2 aliphatic heterocycles. The first kappa shape index (κ1) is 21.4. The number of hydrogen-bond donors (Lipinski definition) is 0. The Morgan fingerprint density at radius 1 is 1.14 bits per heavy atom. The Kier molecular flexibility index (Phi) is 5.76. The van der Waals surface area contributed by atoms with Gasteiger partial charge in [0.1, 0.15) is 17.7 Å². The van der Waals surface area contributed by atoms with Crippen LogP contribution in [0.5, 0.6) is 0 Å². The average molecular weight is 419 g/mol. The maximum Gasteiger partial charge on any atom is 0.329 e. The van der Waals surface area contributed by atoms with Crippen LogP contribution < -0.4 is 0 Å². The molecule has 2 heterocycles. The van der Waals surface area contributed by atoms with Crippen molar-refractivity contribution in [2.75, 3.05) is 12.8 Å². The lowest BCUT2D eigenvalue weighted by Crippen LogP contribution is -2.61. The van der Waals surface area contributed by atoms with E-state index < -0.39 is 41.4 Å². The molecular weight excluding hydrogens is 392 g/mol. The summed E-state index contributed by atoms with van der Waals surface area (Å²) >= 11 is 1.55. The third-order valence-corrected chi connectivity index (χ3v) is 6.15. The van der Waals surface area contributed by atoms with Gasteiger partial charge in [-0.2, -0.15) is 11.8 Å². The zero-order chi connectivity index (χ0) is 21.5. The molecule has 1 saturated heterocycles. The predicted octanol–water partition coefficient (Wildman–Crippen LogP) is 2.35. The normalized spacial score (nSPS) is 23.3. The molecule has 0 aromatic heterocycles. The molecule has 0 aliphatic carbocycles. The topological polar surface area (TPSA) is 84.0 Å². The summed E-state index contributed by atoms with van der Waals surface area (Å²) in [5.74, 6) is -1.83. The minimum Gasteiger partial charge on any atom is -0.458 e. The lowest BCUT2D eigenvalue weighted by molar-refractivity contribution is -0.165. The van der Waals surface area contributed by atoms with Crippen molar-refractivity contribution in [2.45, 2.75) is 57.1 Å². The Hall–Kier alpha value is -2.35. The smallest absolute Gasteiger partial charge is 0.329 e. The minimum atomic E-state index is -0.932. The van der Waals surface area contributed by atoms with E-state index >= 15 is 0 Å². The number of rotatable bonds is 4. The van der Waals surface area contributed by atoms with Crippen molar-refractivity contribution in [2.24, 2.45) is 0 Å². The van der Waals surface area contributed by atoms with Gasteiger partial charge in [-0.3, -0.25) is 19.3 Å². The fourth-order valence-corrected chi connectivity index (χ4v) is 4.35. The first-order chi connectivity index (χ1) is 13.5. The van der Waals surface area contributed by atoms with E-state index in [-0.39, 0.29) is 5.25 Å². The molecule has 2 aliphatic rings. The molecule has 29 heavy (non-hydrogen) atoms. The highest BCUT2D eigenvalue weighted by Gasteiger charge is 2.48. The third kappa shape index (κ3) is 4.03. The molecule has 1 fully saturated rings. The summed E-state index contributed by atoms with van der Waals surface area (Å²) in [6.45, 7) is 7.28. The maximum absolute atomic E-state index is 13.3. The number of esters is 1. The van der Waals surface area contributed by atoms with E-state index in [2.05, 4.69) is 0 Å². The number of hydrogen-bond acceptors (Lipinski definition) is 6. The molecule has 3 amide bonds. The van der Waals surface area contributed by atoms with Crippen LogP contribution in [0, 0.1) is 0 Å². The van der Waals surface area contributed by atoms with Crippen molar-refractivity contribution >= 4 is 35.5 Å². The molecule has 0 saturated carbocycles. The van der Waals surface area contributed by atoms with Gasteiger partial charge in [0, 0.05) is 11.8 Å². The molecule has 0 spiro atoms. The molecule has 0 bridgehead atoms. The van der Waals surface area contributed by atoms with Crippen LogP contribution in [0.1, 0.15) is 54.8 Å². The van der Waals surface area contributed by atoms with Crippen molar-refractivity contribution in [3.8, 4) is 0 Å². The number of imide groups is 1. The summed E-state index contributed by atoms with van der Waals surface area (Å²) in [6, 6.07) is 4.83. The zero-order valence-corrected chi connectivity index (χ0v) is 18.1. The van der Waals surface area contributed by atoms with Gasteiger partial charge in [-0.25, -0.2) is 4.79 Å². The fraction of sp³-hybridized carbons (Fsp3) is 0.524. The molecule has 156 valence electrons. The van der Waals surface area contributed by atoms with E-state index in [1.165, 1.54) is 4.90 Å². The minimum absolute atomic E-state index is 0.00750. The number of benzene rings is 1. The van der Waals surface area contributed by atoms with E-state index in [9.17, 15) is 19.2 Å². The largest absolute Gasteiger partial charge is 0.458 e. The predicted molar refractivity (Wildman–Crippen MR) is 110 cm³/mol. The number of ether oxygens (including phenoxy) is 1. The van der Waals surface area contributed by atoms with Crippen LogP contribution in [0.4, 0.5) is 0 Å². The van der Waals surface area contributed by atoms with E-state index in [0.29, 0.717) is 24.1 Å². The summed E-state index contributed by atoms with van der Waals surface area (Å²) in [5, 5.41) is -0.00750. The van der Waals surface area contributed by atoms with Crippen molar-refractivity contribution in [3.63, 3.8) is 0 Å². The van der Waals surface area contributed by atoms with E-state index in [1.807, 2.05) is 6.26 Å². The highest BCUT2D eigenvalue weighted by molar-refractivity contribution is 7.99. The molecule has 1 aromatic rings. The Bertz CT molecular complexity index is 828. The Morgan fingerprint density at radius 3 is 2.17 bits per heavy atom. The molecule has 3 atom stereocenters. The zero-order valence-electron chi connectivity index (χ0n) is 17.3. The second-order valence-electron chi connectivity index (χ2n) is 8.34. The lowest BCUT2D eigenvalue weighted by Gasteiger charge is -2.41. The standard InChI is InChI=1S/C21H26N2O5S/c1-12(20(27)28-21(2,3)4)22-11-13(29-5)10-16(19(22)26)23-17(24)14-8-6-7-9-15(14)18(23)25/h6-9,12-13,16H,10-11H2,1-5H3/t12-,13-,16+/m0/s1. The number of carbonyl (C=O) groups excluding carboxylic acids is 4. The fourth-order valence-electron chi connectivity index (χ4n) is 3.67. The average Bonchev–Trinajstić information content (AvgIpc) is 2.91. The summed E-state index contributed by atoms with van der Waals surface area (Å²) < 4.78 is 5.44. The second kappa shape index (κ2) is 7.82. The first-order valence-corrected chi connectivity index (χ1v) is 10.9. The number of fused-ring (bicyclic) bond motifs is 1. The van der Waals surface area contributed by atoms with E-state index in [0.717, 1.165) is 4.90 Å². The summed E-state index contributed by atoms with van der Waals surface area (Å²) in [4.78, 5) is 54.1. The Morgan fingerprint density at radius 2 is 1.69 bits per heavy atom. The molecular formula is C21H26N2O5S. The van der Waals surface area contributed by atoms with Crippen molar-refractivity contribution < 1.29 is 23.9 Å². The molecule has 8 heteroatoms. The van der Waals surface area contributed by atoms with E-state index in [1.54, 1.807) is 63.7 Å². The molecule has 3 rings (SSSR count). The number of amides is 3. The van der Waals surface area contributed by atoms with Crippen LogP contribution in [0.3, 0.4) is 0 Å². The van der Waals surface area contributed by atoms with Crippen LogP contribution in [-0.2, 0) is 14.3 Å². The number of likely N-dealkylation sites (tertiary alicyclic amines) is 1. The van der Waals surface area contributed by atoms with Gasteiger partial charge < -0.3 is 9.64 Å². The Balaban J connectivity index is 1.89. The van der Waals surface area contributed by atoms with Gasteiger partial charge >= 0.3 is 5.97 Å². The van der Waals surface area contributed by atoms with Crippen LogP contribution in [0.25, 0.3) is 0 Å². The van der Waals surface area contributed by atoms with Crippen LogP contribution >= 0.6 is 11.8 Å². The van der Waals surface area contributed by atoms with Crippen LogP contribution in [0.2, 0.25) is 0 Å². The van der Waals surface area contributed by atoms with Gasteiger partial charge in [-0.05, 0) is 52.5 Å². The van der Waals surface area contributed by atoms with Gasteiger partial charge in [-0.15, -0.1) is 0 Å². The number of nitrogens with zero attached hydrogens (tertiary/aromatic N) is 2. The number of carbonyl (C=O) groups is 4. The summed E-state index contributed by atoms with van der Waals surface area (Å²) in [7, 11) is 0. The summed E-state index contributed by atoms with van der Waals surface area (Å²) in [5.41, 5.74) is -0.0583. The first-order valence-electron chi connectivity index (χ1n) is 9.58. The van der Waals surface area contributed by atoms with Gasteiger partial charge in [0.25, 0.3) is 11.8 Å². The van der Waals surface area contributed by atoms with Gasteiger partial charge in [0.05, 0.1) is 11.1 Å². The van der Waals surface area contributed by atoms with Crippen molar-refractivity contribution in [3.05, 3.63) is 35.4 Å². The van der Waals surface area contributed by atoms with Gasteiger partial charge in [0.2, 0.25) is 5.91 Å². The SMILES string of the molecule is CS[C@H]1C[C@@H](N2C(=O)c3ccccc3C2=O)C(=O)N([C@@H](C)C(=O)OC(C)(C)C)C1. The molecule has 0 radical (unpaired) electrons. The number of piperidine rings is 1. The van der Waals surface area contributed by atoms with Crippen LogP contribution in [-0.4, -0.2) is 69.2 Å². The molecule has 1 aromatic carbocycles. The van der Waals surface area contributed by atoms with Crippen LogP contribution in [0.15, 0.2) is 24.3 Å². The third-order valence-electron chi connectivity index (χ3n) is 5.14. The van der Waals surface area contributed by atoms with Gasteiger partial charge in [0.15, 0.2) is 0 Å². The van der Waals surface area contributed by atoms with Crippen molar-refractivity contribution in [1.29, 1.82) is 0 Å². The summed E-state index contributed by atoms with van der Waals surface area (Å²) in [6.07, 6.45) is 2.28. The Labute approximate surface area is 174 Å². The second-order valence-corrected chi connectivity index (χ2v) is 9.47. The van der Waals surface area contributed by atoms with Crippen molar-refractivity contribution in [1.82, 2.24) is 9.80 Å². The highest BCUT2D eigenvalue weighted by Crippen LogP contribution is 2.32. The maximum atomic E-state index is 13.3. The monoisotopic (exact) mass is 418 g/mol.